The van der Waals surface area contributed by atoms with Gasteiger partial charge in [-0.3, -0.25) is 5.10 Å². The summed E-state index contributed by atoms with van der Waals surface area (Å²) in [6, 6.07) is 0. The zero-order valence-corrected chi connectivity index (χ0v) is 9.25. The standard InChI is InChI=1S/C10H20N4/c1-7(2)4-9(6-11)5-10-12-8(3)13-14-10/h7,9H,4-6,11H2,1-3H3,(H,12,13,14). The van der Waals surface area contributed by atoms with Crippen LogP contribution in [0.2, 0.25) is 0 Å². The molecule has 0 aliphatic rings. The van der Waals surface area contributed by atoms with Crippen molar-refractivity contribution in [1.82, 2.24) is 15.2 Å². The molecule has 1 atom stereocenters. The van der Waals surface area contributed by atoms with Gasteiger partial charge in [0.2, 0.25) is 0 Å². The summed E-state index contributed by atoms with van der Waals surface area (Å²) in [6.07, 6.45) is 2.03. The molecule has 0 spiro atoms. The van der Waals surface area contributed by atoms with Gasteiger partial charge in [-0.15, -0.1) is 0 Å². The molecule has 0 radical (unpaired) electrons. The predicted molar refractivity (Wildman–Crippen MR) is 56.8 cm³/mol. The van der Waals surface area contributed by atoms with Crippen molar-refractivity contribution in [2.24, 2.45) is 17.6 Å². The molecule has 1 unspecified atom stereocenters. The third-order valence-electron chi connectivity index (χ3n) is 2.25. The molecule has 1 heterocycles. The Bertz CT molecular complexity index is 267. The van der Waals surface area contributed by atoms with E-state index in [2.05, 4.69) is 29.0 Å². The first-order valence-electron chi connectivity index (χ1n) is 5.19. The number of hydrogen-bond donors (Lipinski definition) is 2. The van der Waals surface area contributed by atoms with Crippen LogP contribution in [0.15, 0.2) is 0 Å². The lowest BCUT2D eigenvalue weighted by atomic mass is 9.94. The Labute approximate surface area is 85.3 Å². The number of H-pyrrole nitrogens is 1. The quantitative estimate of drug-likeness (QED) is 0.745. The van der Waals surface area contributed by atoms with E-state index in [0.29, 0.717) is 18.4 Å². The summed E-state index contributed by atoms with van der Waals surface area (Å²) in [5.41, 5.74) is 5.71. The molecule has 0 saturated carbocycles. The second-order valence-corrected chi connectivity index (χ2v) is 4.27. The summed E-state index contributed by atoms with van der Waals surface area (Å²) in [6.45, 7) is 7.06. The lowest BCUT2D eigenvalue weighted by Gasteiger charge is -2.14. The largest absolute Gasteiger partial charge is 0.330 e. The summed E-state index contributed by atoms with van der Waals surface area (Å²) in [5, 5.41) is 6.97. The highest BCUT2D eigenvalue weighted by Crippen LogP contribution is 2.14. The Morgan fingerprint density at radius 1 is 1.43 bits per heavy atom. The van der Waals surface area contributed by atoms with Gasteiger partial charge in [0.1, 0.15) is 5.82 Å². The van der Waals surface area contributed by atoms with Crippen molar-refractivity contribution in [2.45, 2.75) is 33.6 Å². The van der Waals surface area contributed by atoms with Crippen LogP contribution in [-0.2, 0) is 6.42 Å². The van der Waals surface area contributed by atoms with Crippen LogP contribution in [0.25, 0.3) is 0 Å². The van der Waals surface area contributed by atoms with Crippen molar-refractivity contribution < 1.29 is 0 Å². The number of hydrogen-bond acceptors (Lipinski definition) is 3. The van der Waals surface area contributed by atoms with Crippen LogP contribution in [0.3, 0.4) is 0 Å². The number of aromatic nitrogens is 3. The van der Waals surface area contributed by atoms with Gasteiger partial charge < -0.3 is 5.73 Å². The molecule has 0 amide bonds. The molecular formula is C10H20N4. The summed E-state index contributed by atoms with van der Waals surface area (Å²) < 4.78 is 0. The van der Waals surface area contributed by atoms with E-state index in [0.717, 1.165) is 24.5 Å². The highest BCUT2D eigenvalue weighted by atomic mass is 15.2. The van der Waals surface area contributed by atoms with Gasteiger partial charge in [-0.2, -0.15) is 5.10 Å². The predicted octanol–water partition coefficient (Wildman–Crippen LogP) is 1.28. The summed E-state index contributed by atoms with van der Waals surface area (Å²) in [7, 11) is 0. The smallest absolute Gasteiger partial charge is 0.151 e. The SMILES string of the molecule is Cc1nc(CC(CN)CC(C)C)n[nH]1. The normalized spacial score (nSPS) is 13.5. The number of aryl methyl sites for hydroxylation is 1. The molecule has 1 aromatic heterocycles. The summed E-state index contributed by atoms with van der Waals surface area (Å²) >= 11 is 0. The van der Waals surface area contributed by atoms with Gasteiger partial charge in [-0.05, 0) is 31.7 Å². The minimum Gasteiger partial charge on any atom is -0.330 e. The van der Waals surface area contributed by atoms with E-state index in [4.69, 9.17) is 5.73 Å². The zero-order chi connectivity index (χ0) is 10.6. The van der Waals surface area contributed by atoms with Crippen LogP contribution in [0.1, 0.15) is 31.9 Å². The van der Waals surface area contributed by atoms with Gasteiger partial charge in [0.15, 0.2) is 5.82 Å². The molecule has 0 aliphatic heterocycles. The summed E-state index contributed by atoms with van der Waals surface area (Å²) in [5.74, 6) is 2.95. The van der Waals surface area contributed by atoms with Gasteiger partial charge in [0.05, 0.1) is 0 Å². The van der Waals surface area contributed by atoms with E-state index in [1.165, 1.54) is 0 Å². The molecule has 1 rings (SSSR count). The fourth-order valence-electron chi connectivity index (χ4n) is 1.67. The van der Waals surface area contributed by atoms with Crippen LogP contribution in [0, 0.1) is 18.8 Å². The van der Waals surface area contributed by atoms with Crippen LogP contribution < -0.4 is 5.73 Å². The number of rotatable bonds is 5. The fourth-order valence-corrected chi connectivity index (χ4v) is 1.67. The van der Waals surface area contributed by atoms with Gasteiger partial charge in [0.25, 0.3) is 0 Å². The number of nitrogens with one attached hydrogen (secondary N) is 1. The number of nitrogens with two attached hydrogens (primary N) is 1. The third-order valence-corrected chi connectivity index (χ3v) is 2.25. The highest BCUT2D eigenvalue weighted by Gasteiger charge is 2.12. The molecule has 0 fully saturated rings. The van der Waals surface area contributed by atoms with Gasteiger partial charge in [-0.25, -0.2) is 4.98 Å². The van der Waals surface area contributed by atoms with Crippen LogP contribution in [-0.4, -0.2) is 21.7 Å². The molecule has 0 saturated heterocycles. The average Bonchev–Trinajstić information content (AvgIpc) is 2.49. The summed E-state index contributed by atoms with van der Waals surface area (Å²) in [4.78, 5) is 4.28. The van der Waals surface area contributed by atoms with Crippen molar-refractivity contribution in [1.29, 1.82) is 0 Å². The third kappa shape index (κ3) is 3.46. The van der Waals surface area contributed by atoms with Crippen molar-refractivity contribution in [3.63, 3.8) is 0 Å². The minimum atomic E-state index is 0.505. The molecule has 4 heteroatoms. The second kappa shape index (κ2) is 5.10. The molecule has 0 bridgehead atoms. The maximum atomic E-state index is 5.71. The second-order valence-electron chi connectivity index (χ2n) is 4.27. The topological polar surface area (TPSA) is 67.6 Å². The monoisotopic (exact) mass is 196 g/mol. The lowest BCUT2D eigenvalue weighted by Crippen LogP contribution is -2.19. The van der Waals surface area contributed by atoms with Gasteiger partial charge in [0, 0.05) is 6.42 Å². The molecular weight excluding hydrogens is 176 g/mol. The van der Waals surface area contributed by atoms with Gasteiger partial charge in [-0.1, -0.05) is 13.8 Å². The first kappa shape index (κ1) is 11.2. The number of aromatic amines is 1. The molecule has 0 aromatic carbocycles. The Kier molecular flexibility index (Phi) is 4.07. The first-order valence-corrected chi connectivity index (χ1v) is 5.19. The van der Waals surface area contributed by atoms with Crippen molar-refractivity contribution in [3.8, 4) is 0 Å². The molecule has 0 aliphatic carbocycles. The average molecular weight is 196 g/mol. The van der Waals surface area contributed by atoms with E-state index < -0.39 is 0 Å². The minimum absolute atomic E-state index is 0.505. The van der Waals surface area contributed by atoms with Crippen LogP contribution >= 0.6 is 0 Å². The van der Waals surface area contributed by atoms with Gasteiger partial charge >= 0.3 is 0 Å². The van der Waals surface area contributed by atoms with E-state index in [1.54, 1.807) is 0 Å². The Hall–Kier alpha value is -0.900. The van der Waals surface area contributed by atoms with Crippen LogP contribution in [0.4, 0.5) is 0 Å². The Morgan fingerprint density at radius 2 is 2.14 bits per heavy atom. The van der Waals surface area contributed by atoms with Crippen molar-refractivity contribution in [3.05, 3.63) is 11.6 Å². The Morgan fingerprint density at radius 3 is 2.57 bits per heavy atom. The maximum Gasteiger partial charge on any atom is 0.151 e. The zero-order valence-electron chi connectivity index (χ0n) is 9.25. The molecule has 3 N–H and O–H groups in total. The fraction of sp³-hybridized carbons (Fsp3) is 0.800. The van der Waals surface area contributed by atoms with Crippen molar-refractivity contribution >= 4 is 0 Å². The molecule has 14 heavy (non-hydrogen) atoms. The van der Waals surface area contributed by atoms with E-state index in [-0.39, 0.29) is 0 Å². The lowest BCUT2D eigenvalue weighted by molar-refractivity contribution is 0.409. The highest BCUT2D eigenvalue weighted by molar-refractivity contribution is 4.89. The Balaban J connectivity index is 2.48. The molecule has 1 aromatic rings. The first-order chi connectivity index (χ1) is 6.61. The van der Waals surface area contributed by atoms with E-state index >= 15 is 0 Å². The number of nitrogens with zero attached hydrogens (tertiary/aromatic N) is 2. The van der Waals surface area contributed by atoms with E-state index in [1.807, 2.05) is 6.92 Å². The molecule has 80 valence electrons. The van der Waals surface area contributed by atoms with E-state index in [9.17, 15) is 0 Å². The molecule has 4 nitrogen and oxygen atoms in total. The van der Waals surface area contributed by atoms with Crippen LogP contribution in [0.5, 0.6) is 0 Å². The maximum absolute atomic E-state index is 5.71. The van der Waals surface area contributed by atoms with Crippen molar-refractivity contribution in [2.75, 3.05) is 6.54 Å².